The molecule has 3 aromatic rings. The number of anilines is 1. The minimum atomic E-state index is -0.0251. The molecule has 0 unspecified atom stereocenters. The number of rotatable bonds is 7. The van der Waals surface area contributed by atoms with E-state index in [1.165, 1.54) is 17.7 Å². The van der Waals surface area contributed by atoms with Crippen LogP contribution in [-0.2, 0) is 13.0 Å². The first-order valence-corrected chi connectivity index (χ1v) is 13.2. The number of amides is 1. The van der Waals surface area contributed by atoms with Crippen LogP contribution in [0.3, 0.4) is 0 Å². The van der Waals surface area contributed by atoms with Crippen LogP contribution < -0.4 is 10.2 Å². The third-order valence-corrected chi connectivity index (χ3v) is 7.32. The maximum atomic E-state index is 13.2. The monoisotopic (exact) mass is 471 g/mol. The zero-order chi connectivity index (χ0) is 24.0. The lowest BCUT2D eigenvalue weighted by molar-refractivity contribution is 0.0946. The molecule has 1 N–H and O–H groups in total. The van der Waals surface area contributed by atoms with Gasteiger partial charge in [0.25, 0.3) is 5.91 Å². The number of aryl methyl sites for hydroxylation is 1. The van der Waals surface area contributed by atoms with Gasteiger partial charge in [-0.15, -0.1) is 0 Å². The van der Waals surface area contributed by atoms with E-state index in [2.05, 4.69) is 81.2 Å². The van der Waals surface area contributed by atoms with Crippen LogP contribution in [0.1, 0.15) is 47.4 Å². The molecule has 3 heterocycles. The van der Waals surface area contributed by atoms with Crippen LogP contribution in [0, 0.1) is 6.92 Å². The van der Waals surface area contributed by atoms with Crippen LogP contribution in [0.25, 0.3) is 11.4 Å². The molecule has 1 amide bonds. The second kappa shape index (κ2) is 11.1. The number of piperazine rings is 1. The number of nitrogens with zero attached hydrogens (tertiary/aromatic N) is 4. The van der Waals surface area contributed by atoms with Crippen molar-refractivity contribution in [3.05, 3.63) is 71.5 Å². The van der Waals surface area contributed by atoms with Crippen molar-refractivity contribution in [1.82, 2.24) is 19.8 Å². The number of hydrogen-bond donors (Lipinski definition) is 1. The highest BCUT2D eigenvalue weighted by molar-refractivity contribution is 5.94. The van der Waals surface area contributed by atoms with Gasteiger partial charge >= 0.3 is 0 Å². The first-order valence-electron chi connectivity index (χ1n) is 13.2. The summed E-state index contributed by atoms with van der Waals surface area (Å²) in [6.45, 7) is 8.97. The normalized spacial score (nSPS) is 16.5. The molecule has 0 radical (unpaired) electrons. The highest BCUT2D eigenvalue weighted by Crippen LogP contribution is 2.27. The summed E-state index contributed by atoms with van der Waals surface area (Å²) < 4.78 is 2.29. The predicted molar refractivity (Wildman–Crippen MR) is 142 cm³/mol. The zero-order valence-corrected chi connectivity index (χ0v) is 20.9. The van der Waals surface area contributed by atoms with Crippen molar-refractivity contribution in [2.75, 3.05) is 44.2 Å². The summed E-state index contributed by atoms with van der Waals surface area (Å²) in [6, 6.07) is 19.1. The molecule has 0 spiro atoms. The van der Waals surface area contributed by atoms with Gasteiger partial charge in [-0.25, -0.2) is 4.98 Å². The molecule has 6 heteroatoms. The Morgan fingerprint density at radius 2 is 1.69 bits per heavy atom. The Hall–Kier alpha value is -3.12. The van der Waals surface area contributed by atoms with Gasteiger partial charge in [0.2, 0.25) is 0 Å². The van der Waals surface area contributed by atoms with E-state index in [1.54, 1.807) is 0 Å². The van der Waals surface area contributed by atoms with Crippen molar-refractivity contribution < 1.29 is 4.79 Å². The van der Waals surface area contributed by atoms with Crippen molar-refractivity contribution >= 4 is 11.6 Å². The Kier molecular flexibility index (Phi) is 7.48. The first kappa shape index (κ1) is 23.6. The maximum Gasteiger partial charge on any atom is 0.271 e. The van der Waals surface area contributed by atoms with Crippen LogP contribution >= 0.6 is 0 Å². The topological polar surface area (TPSA) is 53.4 Å². The van der Waals surface area contributed by atoms with Gasteiger partial charge in [0.1, 0.15) is 11.5 Å². The standard InChI is InChI=1S/C29H37N5O/c1-23-12-14-24(15-13-23)28-31-27(26-11-6-3-7-18-34(26)28)29(35)30-16-8-17-32-19-21-33(22-20-32)25-9-4-2-5-10-25/h2,4-5,9-10,12-15H,3,6-8,11,16-22H2,1H3,(H,30,35). The predicted octanol–water partition coefficient (Wildman–Crippen LogP) is 4.53. The summed E-state index contributed by atoms with van der Waals surface area (Å²) in [7, 11) is 0. The van der Waals surface area contributed by atoms with Crippen LogP contribution in [0.2, 0.25) is 0 Å². The van der Waals surface area contributed by atoms with Crippen molar-refractivity contribution in [2.24, 2.45) is 0 Å². The first-order chi connectivity index (χ1) is 17.2. The Balaban J connectivity index is 1.16. The summed E-state index contributed by atoms with van der Waals surface area (Å²) in [6.07, 6.45) is 5.34. The van der Waals surface area contributed by atoms with E-state index >= 15 is 0 Å². The minimum absolute atomic E-state index is 0.0251. The number of fused-ring (bicyclic) bond motifs is 1. The molecular formula is C29H37N5O. The quantitative estimate of drug-likeness (QED) is 0.515. The average molecular weight is 472 g/mol. The fourth-order valence-corrected chi connectivity index (χ4v) is 5.28. The highest BCUT2D eigenvalue weighted by Gasteiger charge is 2.24. The average Bonchev–Trinajstić information content (AvgIpc) is 3.08. The minimum Gasteiger partial charge on any atom is -0.369 e. The van der Waals surface area contributed by atoms with Gasteiger partial charge in [-0.05, 0) is 51.3 Å². The number of carbonyl (C=O) groups is 1. The molecule has 1 saturated heterocycles. The van der Waals surface area contributed by atoms with E-state index in [4.69, 9.17) is 4.98 Å². The summed E-state index contributed by atoms with van der Waals surface area (Å²) in [5.41, 5.74) is 5.36. The van der Waals surface area contributed by atoms with Gasteiger partial charge in [-0.3, -0.25) is 9.69 Å². The van der Waals surface area contributed by atoms with Crippen LogP contribution in [0.15, 0.2) is 54.6 Å². The molecule has 1 aromatic heterocycles. The van der Waals surface area contributed by atoms with Crippen LogP contribution in [-0.4, -0.2) is 59.6 Å². The molecule has 6 nitrogen and oxygen atoms in total. The van der Waals surface area contributed by atoms with Gasteiger partial charge in [0.15, 0.2) is 0 Å². The van der Waals surface area contributed by atoms with E-state index in [9.17, 15) is 4.79 Å². The number of aromatic nitrogens is 2. The lowest BCUT2D eigenvalue weighted by atomic mass is 10.1. The van der Waals surface area contributed by atoms with E-state index in [-0.39, 0.29) is 5.91 Å². The summed E-state index contributed by atoms with van der Waals surface area (Å²) in [5, 5.41) is 3.17. The number of para-hydroxylation sites is 1. The summed E-state index contributed by atoms with van der Waals surface area (Å²) in [5.74, 6) is 0.909. The SMILES string of the molecule is Cc1ccc(-c2nc(C(=O)NCCCN3CCN(c4ccccc4)CC3)c3n2CCCCC3)cc1. The largest absolute Gasteiger partial charge is 0.369 e. The number of hydrogen-bond acceptors (Lipinski definition) is 4. The third-order valence-electron chi connectivity index (χ3n) is 7.32. The Morgan fingerprint density at radius 1 is 0.914 bits per heavy atom. The number of imidazole rings is 1. The molecular weight excluding hydrogens is 434 g/mol. The number of benzene rings is 2. The molecule has 0 aliphatic carbocycles. The molecule has 5 rings (SSSR count). The Bertz CT molecular complexity index is 1110. The lowest BCUT2D eigenvalue weighted by Crippen LogP contribution is -2.47. The second-order valence-electron chi connectivity index (χ2n) is 9.83. The van der Waals surface area contributed by atoms with Crippen LogP contribution in [0.4, 0.5) is 5.69 Å². The van der Waals surface area contributed by atoms with Crippen molar-refractivity contribution in [2.45, 2.75) is 45.6 Å². The van der Waals surface area contributed by atoms with Crippen LogP contribution in [0.5, 0.6) is 0 Å². The van der Waals surface area contributed by atoms with Gasteiger partial charge in [0, 0.05) is 50.5 Å². The molecule has 0 saturated carbocycles. The van der Waals surface area contributed by atoms with Gasteiger partial charge in [-0.1, -0.05) is 54.4 Å². The van der Waals surface area contributed by atoms with E-state index in [1.807, 2.05) is 0 Å². The molecule has 0 bridgehead atoms. The smallest absolute Gasteiger partial charge is 0.271 e. The lowest BCUT2D eigenvalue weighted by Gasteiger charge is -2.36. The molecule has 184 valence electrons. The number of nitrogens with one attached hydrogen (secondary N) is 1. The van der Waals surface area contributed by atoms with E-state index in [0.717, 1.165) is 82.0 Å². The fourth-order valence-electron chi connectivity index (χ4n) is 5.28. The molecule has 0 atom stereocenters. The summed E-state index contributed by atoms with van der Waals surface area (Å²) >= 11 is 0. The van der Waals surface area contributed by atoms with E-state index in [0.29, 0.717) is 12.2 Å². The Morgan fingerprint density at radius 3 is 2.46 bits per heavy atom. The molecule has 35 heavy (non-hydrogen) atoms. The maximum absolute atomic E-state index is 13.2. The van der Waals surface area contributed by atoms with Gasteiger partial charge in [0.05, 0.1) is 5.69 Å². The molecule has 2 aliphatic rings. The number of carbonyl (C=O) groups excluding carboxylic acids is 1. The third kappa shape index (κ3) is 5.59. The molecule has 2 aliphatic heterocycles. The highest BCUT2D eigenvalue weighted by atomic mass is 16.1. The van der Waals surface area contributed by atoms with Crippen molar-refractivity contribution in [3.8, 4) is 11.4 Å². The molecule has 1 fully saturated rings. The van der Waals surface area contributed by atoms with E-state index < -0.39 is 0 Å². The second-order valence-corrected chi connectivity index (χ2v) is 9.83. The van der Waals surface area contributed by atoms with Gasteiger partial charge in [-0.2, -0.15) is 0 Å². The van der Waals surface area contributed by atoms with Gasteiger partial charge < -0.3 is 14.8 Å². The Labute approximate surface area is 209 Å². The molecule has 2 aromatic carbocycles. The van der Waals surface area contributed by atoms with Crippen molar-refractivity contribution in [1.29, 1.82) is 0 Å². The zero-order valence-electron chi connectivity index (χ0n) is 20.9. The summed E-state index contributed by atoms with van der Waals surface area (Å²) in [4.78, 5) is 23.0. The fraction of sp³-hybridized carbons (Fsp3) is 0.448. The van der Waals surface area contributed by atoms with Crippen molar-refractivity contribution in [3.63, 3.8) is 0 Å².